The molecule has 2 rings (SSSR count). The molecule has 3 N–H and O–H groups in total. The maximum atomic E-state index is 8.84. The van der Waals surface area contributed by atoms with Gasteiger partial charge in [-0.2, -0.15) is 0 Å². The first-order valence-corrected chi connectivity index (χ1v) is 7.80. The Morgan fingerprint density at radius 1 is 1.35 bits per heavy atom. The predicted octanol–water partition coefficient (Wildman–Crippen LogP) is 0.698. The highest BCUT2D eigenvalue weighted by Crippen LogP contribution is 2.16. The lowest BCUT2D eigenvalue weighted by molar-refractivity contribution is -0.0153. The van der Waals surface area contributed by atoms with Gasteiger partial charge >= 0.3 is 0 Å². The molecule has 0 radical (unpaired) electrons. The third kappa shape index (κ3) is 4.07. The molecule has 6 nitrogen and oxygen atoms in total. The summed E-state index contributed by atoms with van der Waals surface area (Å²) in [4.78, 5) is 4.79. The fraction of sp³-hybridized carbons (Fsp3) is 0.929. The zero-order chi connectivity index (χ0) is 14.4. The third-order valence-corrected chi connectivity index (χ3v) is 4.43. The second kappa shape index (κ2) is 7.81. The lowest BCUT2D eigenvalue weighted by atomic mass is 10.1. The molecule has 0 amide bonds. The van der Waals surface area contributed by atoms with Crippen LogP contribution in [0.5, 0.6) is 0 Å². The van der Waals surface area contributed by atoms with Crippen molar-refractivity contribution in [2.24, 2.45) is 10.9 Å². The van der Waals surface area contributed by atoms with E-state index in [4.69, 9.17) is 15.7 Å². The minimum absolute atomic E-state index is 0.0630. The van der Waals surface area contributed by atoms with Crippen molar-refractivity contribution in [2.75, 3.05) is 39.3 Å². The molecule has 6 heteroatoms. The van der Waals surface area contributed by atoms with E-state index in [1.54, 1.807) is 0 Å². The summed E-state index contributed by atoms with van der Waals surface area (Å²) in [5, 5.41) is 12.0. The average molecular weight is 284 g/mol. The largest absolute Gasteiger partial charge is 0.409 e. The summed E-state index contributed by atoms with van der Waals surface area (Å²) in [7, 11) is 0. The van der Waals surface area contributed by atoms with Crippen LogP contribution in [0.2, 0.25) is 0 Å². The molecule has 0 aromatic heterocycles. The van der Waals surface area contributed by atoms with E-state index < -0.39 is 0 Å². The number of oxime groups is 1. The standard InChI is InChI=1S/C14H28N4O2/c1-2-13(14(15)16-19)18-8-6-17(7-9-18)11-12-5-3-4-10-20-12/h12-13,19H,2-11H2,1H3,(H2,15,16). The fourth-order valence-electron chi connectivity index (χ4n) is 3.22. The van der Waals surface area contributed by atoms with Crippen LogP contribution in [0.15, 0.2) is 5.16 Å². The van der Waals surface area contributed by atoms with Gasteiger partial charge in [-0.1, -0.05) is 12.1 Å². The van der Waals surface area contributed by atoms with E-state index in [-0.39, 0.29) is 6.04 Å². The Bertz CT molecular complexity index is 310. The molecule has 0 saturated carbocycles. The first kappa shape index (κ1) is 15.5. The van der Waals surface area contributed by atoms with Gasteiger partial charge < -0.3 is 15.7 Å². The minimum Gasteiger partial charge on any atom is -0.409 e. The van der Waals surface area contributed by atoms with Crippen molar-refractivity contribution >= 4 is 5.84 Å². The van der Waals surface area contributed by atoms with Crippen molar-refractivity contribution in [3.63, 3.8) is 0 Å². The Kier molecular flexibility index (Phi) is 6.06. The summed E-state index contributed by atoms with van der Waals surface area (Å²) in [6.07, 6.45) is 5.00. The van der Waals surface area contributed by atoms with Crippen molar-refractivity contribution in [3.05, 3.63) is 0 Å². The van der Waals surface area contributed by atoms with Crippen LogP contribution in [0.3, 0.4) is 0 Å². The zero-order valence-corrected chi connectivity index (χ0v) is 12.5. The van der Waals surface area contributed by atoms with Gasteiger partial charge in [-0.25, -0.2) is 0 Å². The first-order valence-electron chi connectivity index (χ1n) is 7.80. The van der Waals surface area contributed by atoms with Gasteiger partial charge in [0.2, 0.25) is 0 Å². The summed E-state index contributed by atoms with van der Waals surface area (Å²) < 4.78 is 5.80. The van der Waals surface area contributed by atoms with Crippen LogP contribution >= 0.6 is 0 Å². The summed E-state index contributed by atoms with van der Waals surface area (Å²) in [5.74, 6) is 0.330. The highest BCUT2D eigenvalue weighted by atomic mass is 16.5. The normalized spacial score (nSPS) is 28.4. The number of ether oxygens (including phenoxy) is 1. The molecule has 116 valence electrons. The van der Waals surface area contributed by atoms with Crippen molar-refractivity contribution in [3.8, 4) is 0 Å². The molecule has 0 aromatic rings. The average Bonchev–Trinajstić information content (AvgIpc) is 2.50. The Balaban J connectivity index is 1.76. The van der Waals surface area contributed by atoms with Gasteiger partial charge in [0, 0.05) is 39.3 Å². The second-order valence-corrected chi connectivity index (χ2v) is 5.77. The van der Waals surface area contributed by atoms with Crippen LogP contribution in [-0.2, 0) is 4.74 Å². The topological polar surface area (TPSA) is 74.3 Å². The molecule has 0 aromatic carbocycles. The van der Waals surface area contributed by atoms with E-state index in [0.29, 0.717) is 11.9 Å². The molecule has 2 unspecified atom stereocenters. The summed E-state index contributed by atoms with van der Waals surface area (Å²) in [5.41, 5.74) is 5.77. The molecule has 2 aliphatic rings. The fourth-order valence-corrected chi connectivity index (χ4v) is 3.22. The van der Waals surface area contributed by atoms with Crippen LogP contribution in [0.25, 0.3) is 0 Å². The van der Waals surface area contributed by atoms with Crippen molar-refractivity contribution in [1.29, 1.82) is 0 Å². The van der Waals surface area contributed by atoms with E-state index in [0.717, 1.165) is 45.8 Å². The van der Waals surface area contributed by atoms with Crippen LogP contribution in [0.1, 0.15) is 32.6 Å². The monoisotopic (exact) mass is 284 g/mol. The lowest BCUT2D eigenvalue weighted by Crippen LogP contribution is -2.55. The predicted molar refractivity (Wildman–Crippen MR) is 79.1 cm³/mol. The Morgan fingerprint density at radius 3 is 2.65 bits per heavy atom. The molecule has 2 saturated heterocycles. The molecule has 0 spiro atoms. The van der Waals surface area contributed by atoms with E-state index in [9.17, 15) is 0 Å². The summed E-state index contributed by atoms with van der Waals surface area (Å²) in [6, 6.07) is 0.0630. The van der Waals surface area contributed by atoms with Crippen LogP contribution < -0.4 is 5.73 Å². The summed E-state index contributed by atoms with van der Waals surface area (Å²) >= 11 is 0. The molecule has 2 heterocycles. The van der Waals surface area contributed by atoms with Gasteiger partial charge in [0.05, 0.1) is 12.1 Å². The molecule has 0 bridgehead atoms. The van der Waals surface area contributed by atoms with E-state index >= 15 is 0 Å². The third-order valence-electron chi connectivity index (χ3n) is 4.43. The van der Waals surface area contributed by atoms with Crippen molar-refractivity contribution < 1.29 is 9.94 Å². The quantitative estimate of drug-likeness (QED) is 0.336. The maximum Gasteiger partial charge on any atom is 0.156 e. The number of nitrogens with zero attached hydrogens (tertiary/aromatic N) is 3. The Labute approximate surface area is 121 Å². The minimum atomic E-state index is 0.0630. The summed E-state index contributed by atoms with van der Waals surface area (Å²) in [6.45, 7) is 8.07. The van der Waals surface area contributed by atoms with Gasteiger partial charge in [-0.05, 0) is 25.7 Å². The molecule has 2 aliphatic heterocycles. The molecular formula is C14H28N4O2. The Morgan fingerprint density at radius 2 is 2.10 bits per heavy atom. The van der Waals surface area contributed by atoms with Crippen molar-refractivity contribution in [2.45, 2.75) is 44.8 Å². The maximum absolute atomic E-state index is 8.84. The number of rotatable bonds is 5. The van der Waals surface area contributed by atoms with Crippen LogP contribution in [0.4, 0.5) is 0 Å². The Hall–Kier alpha value is -0.850. The molecule has 2 atom stereocenters. The number of hydrogen-bond acceptors (Lipinski definition) is 5. The van der Waals surface area contributed by atoms with Gasteiger partial charge in [0.1, 0.15) is 0 Å². The first-order chi connectivity index (χ1) is 9.74. The number of amidine groups is 1. The van der Waals surface area contributed by atoms with Gasteiger partial charge in [-0.15, -0.1) is 0 Å². The lowest BCUT2D eigenvalue weighted by Gasteiger charge is -2.40. The number of nitrogens with two attached hydrogens (primary N) is 1. The highest BCUT2D eigenvalue weighted by Gasteiger charge is 2.27. The van der Waals surface area contributed by atoms with Gasteiger partial charge in [-0.3, -0.25) is 9.80 Å². The number of hydrogen-bond donors (Lipinski definition) is 2. The zero-order valence-electron chi connectivity index (χ0n) is 12.5. The molecule has 20 heavy (non-hydrogen) atoms. The highest BCUT2D eigenvalue weighted by molar-refractivity contribution is 5.85. The molecule has 2 fully saturated rings. The smallest absolute Gasteiger partial charge is 0.156 e. The van der Waals surface area contributed by atoms with Gasteiger partial charge in [0.15, 0.2) is 5.84 Å². The van der Waals surface area contributed by atoms with Crippen LogP contribution in [-0.4, -0.2) is 72.3 Å². The van der Waals surface area contributed by atoms with E-state index in [1.807, 2.05) is 0 Å². The second-order valence-electron chi connectivity index (χ2n) is 5.77. The van der Waals surface area contributed by atoms with E-state index in [1.165, 1.54) is 19.3 Å². The van der Waals surface area contributed by atoms with Crippen LogP contribution in [0, 0.1) is 0 Å². The molecule has 0 aliphatic carbocycles. The van der Waals surface area contributed by atoms with Crippen molar-refractivity contribution in [1.82, 2.24) is 9.80 Å². The van der Waals surface area contributed by atoms with E-state index in [2.05, 4.69) is 21.9 Å². The number of piperazine rings is 1. The molecular weight excluding hydrogens is 256 g/mol. The SMILES string of the molecule is CCC(C(N)=NO)N1CCN(CC2CCCCO2)CC1. The van der Waals surface area contributed by atoms with Gasteiger partial charge in [0.25, 0.3) is 0 Å².